The molecule has 7 heteroatoms. The number of nitrogens with one attached hydrogen (secondary N) is 1. The second-order valence-corrected chi connectivity index (χ2v) is 4.56. The molecule has 0 aliphatic rings. The van der Waals surface area contributed by atoms with Gasteiger partial charge in [-0.15, -0.1) is 0 Å². The zero-order valence-electron chi connectivity index (χ0n) is 11.9. The minimum Gasteiger partial charge on any atom is -0.348 e. The van der Waals surface area contributed by atoms with Crippen LogP contribution < -0.4 is 5.32 Å². The number of hydrogen-bond donors (Lipinski definition) is 1. The number of aromatic nitrogens is 2. The Labute approximate surface area is 121 Å². The zero-order valence-corrected chi connectivity index (χ0v) is 11.9. The molecular formula is C14H16N4O3. The van der Waals surface area contributed by atoms with E-state index in [1.165, 1.54) is 24.3 Å². The van der Waals surface area contributed by atoms with Crippen molar-refractivity contribution in [2.24, 2.45) is 0 Å². The van der Waals surface area contributed by atoms with Gasteiger partial charge in [-0.3, -0.25) is 19.6 Å². The van der Waals surface area contributed by atoms with Crippen molar-refractivity contribution in [3.8, 4) is 0 Å². The summed E-state index contributed by atoms with van der Waals surface area (Å²) in [5.74, 6) is -0.270. The predicted octanol–water partition coefficient (Wildman–Crippen LogP) is 2.05. The summed E-state index contributed by atoms with van der Waals surface area (Å²) in [7, 11) is 0. The first-order chi connectivity index (χ1) is 10.0. The van der Waals surface area contributed by atoms with Crippen LogP contribution in [-0.2, 0) is 13.1 Å². The highest BCUT2D eigenvalue weighted by molar-refractivity contribution is 5.94. The fraction of sp³-hybridized carbons (Fsp3) is 0.286. The number of rotatable bonds is 5. The molecular weight excluding hydrogens is 272 g/mol. The minimum absolute atomic E-state index is 0.0355. The number of carbonyl (C=O) groups excluding carboxylic acids is 1. The van der Waals surface area contributed by atoms with Crippen LogP contribution in [-0.4, -0.2) is 20.6 Å². The fourth-order valence-electron chi connectivity index (χ4n) is 1.99. The summed E-state index contributed by atoms with van der Waals surface area (Å²) >= 11 is 0. The van der Waals surface area contributed by atoms with E-state index in [0.29, 0.717) is 12.1 Å². The average molecular weight is 288 g/mol. The molecule has 1 heterocycles. The maximum atomic E-state index is 12.0. The van der Waals surface area contributed by atoms with E-state index in [0.717, 1.165) is 17.8 Å². The summed E-state index contributed by atoms with van der Waals surface area (Å²) in [6.07, 6.45) is 1.73. The number of nitrogens with zero attached hydrogens (tertiary/aromatic N) is 3. The molecule has 0 bridgehead atoms. The smallest absolute Gasteiger partial charge is 0.269 e. The molecule has 0 aliphatic heterocycles. The van der Waals surface area contributed by atoms with E-state index in [2.05, 4.69) is 10.4 Å². The van der Waals surface area contributed by atoms with Crippen LogP contribution in [0.2, 0.25) is 0 Å². The van der Waals surface area contributed by atoms with Crippen LogP contribution in [0.1, 0.15) is 28.5 Å². The summed E-state index contributed by atoms with van der Waals surface area (Å²) in [4.78, 5) is 22.0. The molecule has 1 amide bonds. The summed E-state index contributed by atoms with van der Waals surface area (Å²) < 4.78 is 1.85. The molecule has 110 valence electrons. The van der Waals surface area contributed by atoms with Crippen LogP contribution >= 0.6 is 0 Å². The van der Waals surface area contributed by atoms with E-state index in [1.807, 2.05) is 18.5 Å². The van der Waals surface area contributed by atoms with Gasteiger partial charge in [0.2, 0.25) is 0 Å². The van der Waals surface area contributed by atoms with Crippen molar-refractivity contribution < 1.29 is 9.72 Å². The third-order valence-corrected chi connectivity index (χ3v) is 3.28. The van der Waals surface area contributed by atoms with E-state index in [1.54, 1.807) is 6.20 Å². The number of nitro benzene ring substituents is 1. The third-order valence-electron chi connectivity index (χ3n) is 3.28. The first-order valence-electron chi connectivity index (χ1n) is 6.57. The molecule has 1 aromatic carbocycles. The fourth-order valence-corrected chi connectivity index (χ4v) is 1.99. The maximum Gasteiger partial charge on any atom is 0.269 e. The van der Waals surface area contributed by atoms with Crippen LogP contribution in [0.25, 0.3) is 0 Å². The lowest BCUT2D eigenvalue weighted by molar-refractivity contribution is -0.384. The van der Waals surface area contributed by atoms with E-state index >= 15 is 0 Å². The van der Waals surface area contributed by atoms with Gasteiger partial charge in [-0.25, -0.2) is 0 Å². The van der Waals surface area contributed by atoms with Gasteiger partial charge in [-0.1, -0.05) is 0 Å². The molecule has 0 saturated carbocycles. The Morgan fingerprint density at radius 2 is 2.05 bits per heavy atom. The molecule has 0 fully saturated rings. The quantitative estimate of drug-likeness (QED) is 0.673. The summed E-state index contributed by atoms with van der Waals surface area (Å²) in [5, 5.41) is 17.5. The van der Waals surface area contributed by atoms with Crippen LogP contribution in [0.3, 0.4) is 0 Å². The molecule has 0 saturated heterocycles. The van der Waals surface area contributed by atoms with Crippen LogP contribution in [0.4, 0.5) is 5.69 Å². The number of carbonyl (C=O) groups is 1. The Morgan fingerprint density at radius 1 is 1.38 bits per heavy atom. The van der Waals surface area contributed by atoms with Crippen molar-refractivity contribution in [1.29, 1.82) is 0 Å². The molecule has 21 heavy (non-hydrogen) atoms. The van der Waals surface area contributed by atoms with Gasteiger partial charge in [0, 0.05) is 42.0 Å². The lowest BCUT2D eigenvalue weighted by Crippen LogP contribution is -2.23. The second-order valence-electron chi connectivity index (χ2n) is 4.56. The Kier molecular flexibility index (Phi) is 4.32. The van der Waals surface area contributed by atoms with E-state index < -0.39 is 4.92 Å². The van der Waals surface area contributed by atoms with E-state index in [-0.39, 0.29) is 11.6 Å². The zero-order chi connectivity index (χ0) is 15.4. The Balaban J connectivity index is 2.01. The number of amides is 1. The lowest BCUT2D eigenvalue weighted by atomic mass is 10.2. The summed E-state index contributed by atoms with van der Waals surface area (Å²) in [6, 6.07) is 5.51. The summed E-state index contributed by atoms with van der Waals surface area (Å²) in [5.41, 5.74) is 2.32. The molecule has 0 aliphatic carbocycles. The van der Waals surface area contributed by atoms with Crippen molar-refractivity contribution in [3.63, 3.8) is 0 Å². The Bertz CT molecular complexity index is 661. The van der Waals surface area contributed by atoms with Gasteiger partial charge in [0.05, 0.1) is 11.1 Å². The van der Waals surface area contributed by atoms with Crippen molar-refractivity contribution >= 4 is 11.6 Å². The lowest BCUT2D eigenvalue weighted by Gasteiger charge is -2.05. The van der Waals surface area contributed by atoms with Gasteiger partial charge in [0.15, 0.2) is 0 Å². The van der Waals surface area contributed by atoms with Crippen molar-refractivity contribution in [3.05, 3.63) is 57.4 Å². The van der Waals surface area contributed by atoms with Gasteiger partial charge in [-0.2, -0.15) is 5.10 Å². The summed E-state index contributed by atoms with van der Waals surface area (Å²) in [6.45, 7) is 5.10. The third kappa shape index (κ3) is 3.25. The van der Waals surface area contributed by atoms with Gasteiger partial charge in [-0.05, 0) is 26.0 Å². The second kappa shape index (κ2) is 6.17. The first-order valence-corrected chi connectivity index (χ1v) is 6.57. The molecule has 2 aromatic rings. The highest BCUT2D eigenvalue weighted by atomic mass is 16.6. The number of nitro groups is 1. The first kappa shape index (κ1) is 14.7. The van der Waals surface area contributed by atoms with Crippen molar-refractivity contribution in [1.82, 2.24) is 15.1 Å². The topological polar surface area (TPSA) is 90.1 Å². The van der Waals surface area contributed by atoms with Gasteiger partial charge in [0.1, 0.15) is 0 Å². The molecule has 2 rings (SSSR count). The SMILES string of the molecule is CCn1ncc(CNC(=O)c2ccc([N+](=O)[O-])cc2)c1C. The van der Waals surface area contributed by atoms with Gasteiger partial charge >= 0.3 is 0 Å². The number of aryl methyl sites for hydroxylation is 1. The number of non-ortho nitro benzene ring substituents is 1. The highest BCUT2D eigenvalue weighted by Gasteiger charge is 2.11. The molecule has 0 atom stereocenters. The highest BCUT2D eigenvalue weighted by Crippen LogP contribution is 2.12. The van der Waals surface area contributed by atoms with Crippen LogP contribution in [0.15, 0.2) is 30.5 Å². The molecule has 1 aromatic heterocycles. The maximum absolute atomic E-state index is 12.0. The standard InChI is InChI=1S/C14H16N4O3/c1-3-17-10(2)12(9-16-17)8-15-14(19)11-4-6-13(7-5-11)18(20)21/h4-7,9H,3,8H2,1-2H3,(H,15,19). The molecule has 0 unspecified atom stereocenters. The largest absolute Gasteiger partial charge is 0.348 e. The molecule has 7 nitrogen and oxygen atoms in total. The van der Waals surface area contributed by atoms with Gasteiger partial charge in [0.25, 0.3) is 11.6 Å². The number of benzene rings is 1. The minimum atomic E-state index is -0.496. The van der Waals surface area contributed by atoms with Crippen LogP contribution in [0.5, 0.6) is 0 Å². The van der Waals surface area contributed by atoms with E-state index in [9.17, 15) is 14.9 Å². The molecule has 0 spiro atoms. The van der Waals surface area contributed by atoms with Crippen molar-refractivity contribution in [2.45, 2.75) is 26.9 Å². The monoisotopic (exact) mass is 288 g/mol. The Hall–Kier alpha value is -2.70. The predicted molar refractivity (Wildman–Crippen MR) is 76.9 cm³/mol. The average Bonchev–Trinajstić information content (AvgIpc) is 2.85. The Morgan fingerprint density at radius 3 is 2.57 bits per heavy atom. The molecule has 0 radical (unpaired) electrons. The van der Waals surface area contributed by atoms with Crippen LogP contribution in [0, 0.1) is 17.0 Å². The number of hydrogen-bond acceptors (Lipinski definition) is 4. The van der Waals surface area contributed by atoms with Gasteiger partial charge < -0.3 is 5.32 Å². The van der Waals surface area contributed by atoms with Crippen molar-refractivity contribution in [2.75, 3.05) is 0 Å². The normalized spacial score (nSPS) is 10.4. The molecule has 1 N–H and O–H groups in total. The van der Waals surface area contributed by atoms with E-state index in [4.69, 9.17) is 0 Å².